The van der Waals surface area contributed by atoms with Crippen molar-refractivity contribution in [3.05, 3.63) is 0 Å². The first kappa shape index (κ1) is 25.9. The second-order valence-corrected chi connectivity index (χ2v) is 9.03. The second-order valence-electron chi connectivity index (χ2n) is 7.41. The normalized spacial score (nSPS) is 21.2. The van der Waals surface area contributed by atoms with Gasteiger partial charge in [0, 0.05) is 58.9 Å². The van der Waals surface area contributed by atoms with Crippen LogP contribution in [0.2, 0.25) is 0 Å². The third-order valence-electron chi connectivity index (χ3n) is 4.55. The summed E-state index contributed by atoms with van der Waals surface area (Å²) in [6.45, 7) is 4.51. The molecule has 1 rings (SSSR count). The molecule has 12 nitrogen and oxygen atoms in total. The molecule has 5 N–H and O–H groups in total. The standard InChI is InChI=1S/C16H33N4O8P/c1-14(21)10-17-2-4-18(11-15(22)23)6-8-20(13-29(26,27)28)9-7-19(5-3-17)12-16(24)25/h14,21H,2-13H2,1H3,(H,22,23)(H,24,25)(H2,26,27,28). The minimum Gasteiger partial charge on any atom is -0.480 e. The predicted molar refractivity (Wildman–Crippen MR) is 105 cm³/mol. The highest BCUT2D eigenvalue weighted by Gasteiger charge is 2.23. The maximum atomic E-state index is 11.4. The number of hydrogen-bond donors (Lipinski definition) is 5. The molecule has 0 bridgehead atoms. The van der Waals surface area contributed by atoms with Gasteiger partial charge in [0.25, 0.3) is 0 Å². The molecular weight excluding hydrogens is 407 g/mol. The quantitative estimate of drug-likeness (QED) is 0.261. The van der Waals surface area contributed by atoms with Gasteiger partial charge in [-0.25, -0.2) is 0 Å². The van der Waals surface area contributed by atoms with E-state index in [1.54, 1.807) is 21.6 Å². The van der Waals surface area contributed by atoms with Crippen LogP contribution in [0, 0.1) is 0 Å². The average molecular weight is 440 g/mol. The molecule has 13 heteroatoms. The monoisotopic (exact) mass is 440 g/mol. The molecule has 1 fully saturated rings. The van der Waals surface area contributed by atoms with Crippen molar-refractivity contribution in [1.29, 1.82) is 0 Å². The fourth-order valence-electron chi connectivity index (χ4n) is 3.24. The van der Waals surface area contributed by atoms with E-state index >= 15 is 0 Å². The lowest BCUT2D eigenvalue weighted by Gasteiger charge is -2.33. The third-order valence-corrected chi connectivity index (χ3v) is 5.32. The van der Waals surface area contributed by atoms with Gasteiger partial charge in [0.15, 0.2) is 0 Å². The van der Waals surface area contributed by atoms with Gasteiger partial charge in [0.2, 0.25) is 0 Å². The van der Waals surface area contributed by atoms with Crippen molar-refractivity contribution in [2.75, 3.05) is 78.3 Å². The Bertz CT molecular complexity index is 541. The summed E-state index contributed by atoms with van der Waals surface area (Å²) in [4.78, 5) is 47.9. The van der Waals surface area contributed by atoms with Crippen LogP contribution < -0.4 is 0 Å². The first-order valence-corrected chi connectivity index (χ1v) is 11.3. The van der Waals surface area contributed by atoms with Gasteiger partial charge in [0.05, 0.1) is 19.2 Å². The van der Waals surface area contributed by atoms with E-state index < -0.39 is 31.9 Å². The molecule has 0 spiro atoms. The van der Waals surface area contributed by atoms with Crippen LogP contribution in [0.3, 0.4) is 0 Å². The fraction of sp³-hybridized carbons (Fsp3) is 0.875. The van der Waals surface area contributed by atoms with Crippen LogP contribution in [0.25, 0.3) is 0 Å². The lowest BCUT2D eigenvalue weighted by atomic mass is 10.3. The number of nitrogens with zero attached hydrogens (tertiary/aromatic N) is 4. The Morgan fingerprint density at radius 2 is 1.14 bits per heavy atom. The Hall–Kier alpha value is -1.11. The van der Waals surface area contributed by atoms with Gasteiger partial charge in [-0.3, -0.25) is 33.8 Å². The van der Waals surface area contributed by atoms with E-state index in [2.05, 4.69) is 0 Å². The highest BCUT2D eigenvalue weighted by atomic mass is 31.2. The molecule has 1 aliphatic rings. The van der Waals surface area contributed by atoms with Gasteiger partial charge < -0.3 is 25.1 Å². The summed E-state index contributed by atoms with van der Waals surface area (Å²) in [5, 5.41) is 28.0. The number of rotatable bonds is 8. The van der Waals surface area contributed by atoms with Crippen LogP contribution in [0.4, 0.5) is 0 Å². The lowest BCUT2D eigenvalue weighted by Crippen LogP contribution is -2.48. The molecule has 1 aliphatic heterocycles. The Labute approximate surface area is 170 Å². The number of carboxylic acid groups (broad SMARTS) is 2. The molecule has 1 saturated heterocycles. The Balaban J connectivity index is 2.94. The Morgan fingerprint density at radius 3 is 1.45 bits per heavy atom. The van der Waals surface area contributed by atoms with E-state index in [0.717, 1.165) is 0 Å². The molecule has 0 amide bonds. The van der Waals surface area contributed by atoms with E-state index in [0.29, 0.717) is 45.8 Å². The lowest BCUT2D eigenvalue weighted by molar-refractivity contribution is -0.139. The topological polar surface area (TPSA) is 165 Å². The summed E-state index contributed by atoms with van der Waals surface area (Å²) in [5.74, 6) is -1.98. The zero-order chi connectivity index (χ0) is 22.0. The highest BCUT2D eigenvalue weighted by Crippen LogP contribution is 2.34. The number of aliphatic hydroxyl groups excluding tert-OH is 1. The van der Waals surface area contributed by atoms with Crippen molar-refractivity contribution < 1.29 is 39.3 Å². The van der Waals surface area contributed by atoms with Crippen LogP contribution >= 0.6 is 7.60 Å². The third kappa shape index (κ3) is 12.9. The second kappa shape index (κ2) is 12.6. The molecule has 0 aromatic heterocycles. The average Bonchev–Trinajstić information content (AvgIpc) is 2.54. The first-order valence-electron chi connectivity index (χ1n) is 9.50. The molecule has 1 heterocycles. The molecule has 1 atom stereocenters. The molecule has 0 aromatic carbocycles. The minimum atomic E-state index is -4.31. The van der Waals surface area contributed by atoms with Gasteiger partial charge >= 0.3 is 19.5 Å². The van der Waals surface area contributed by atoms with Gasteiger partial charge in [-0.2, -0.15) is 0 Å². The molecule has 1 unspecified atom stereocenters. The van der Waals surface area contributed by atoms with Gasteiger partial charge in [-0.05, 0) is 6.92 Å². The van der Waals surface area contributed by atoms with Gasteiger partial charge in [0.1, 0.15) is 6.29 Å². The summed E-state index contributed by atoms with van der Waals surface area (Å²) >= 11 is 0. The van der Waals surface area contributed by atoms with Gasteiger partial charge in [-0.1, -0.05) is 0 Å². The molecular formula is C16H33N4O8P. The zero-order valence-corrected chi connectivity index (χ0v) is 17.7. The van der Waals surface area contributed by atoms with Crippen molar-refractivity contribution in [2.24, 2.45) is 0 Å². The molecule has 0 aliphatic carbocycles. The number of hydrogen-bond acceptors (Lipinski definition) is 8. The number of carboxylic acids is 2. The number of aliphatic carboxylic acids is 2. The summed E-state index contributed by atoms with van der Waals surface area (Å²) in [6.07, 6.45) is -1.05. The van der Waals surface area contributed by atoms with Crippen LogP contribution in [-0.4, -0.2) is 141 Å². The van der Waals surface area contributed by atoms with Crippen molar-refractivity contribution in [1.82, 2.24) is 19.6 Å². The van der Waals surface area contributed by atoms with E-state index in [-0.39, 0.29) is 26.2 Å². The highest BCUT2D eigenvalue weighted by molar-refractivity contribution is 7.51. The van der Waals surface area contributed by atoms with Crippen molar-refractivity contribution in [2.45, 2.75) is 13.0 Å². The van der Waals surface area contributed by atoms with E-state index in [1.165, 1.54) is 0 Å². The van der Waals surface area contributed by atoms with Crippen LogP contribution in [-0.2, 0) is 14.2 Å². The molecule has 0 saturated carbocycles. The van der Waals surface area contributed by atoms with Gasteiger partial charge in [-0.15, -0.1) is 0 Å². The summed E-state index contributed by atoms with van der Waals surface area (Å²) < 4.78 is 11.4. The van der Waals surface area contributed by atoms with Crippen molar-refractivity contribution >= 4 is 19.5 Å². The smallest absolute Gasteiger partial charge is 0.339 e. The largest absolute Gasteiger partial charge is 0.480 e. The minimum absolute atomic E-state index is 0.197. The number of carbonyl (C=O) groups is 2. The molecule has 0 radical (unpaired) electrons. The van der Waals surface area contributed by atoms with Crippen LogP contribution in [0.1, 0.15) is 6.92 Å². The first-order chi connectivity index (χ1) is 13.4. The van der Waals surface area contributed by atoms with Crippen LogP contribution in [0.15, 0.2) is 0 Å². The number of aliphatic hydroxyl groups is 1. The predicted octanol–water partition coefficient (Wildman–Crippen LogP) is -2.11. The van der Waals surface area contributed by atoms with Crippen LogP contribution in [0.5, 0.6) is 0 Å². The summed E-state index contributed by atoms with van der Waals surface area (Å²) in [5.41, 5.74) is 0. The van der Waals surface area contributed by atoms with Crippen molar-refractivity contribution in [3.63, 3.8) is 0 Å². The maximum absolute atomic E-state index is 11.4. The van der Waals surface area contributed by atoms with Crippen molar-refractivity contribution in [3.8, 4) is 0 Å². The van der Waals surface area contributed by atoms with E-state index in [9.17, 15) is 29.0 Å². The summed E-state index contributed by atoms with van der Waals surface area (Å²) in [6, 6.07) is 0. The van der Waals surface area contributed by atoms with E-state index in [4.69, 9.17) is 10.2 Å². The van der Waals surface area contributed by atoms with E-state index in [1.807, 2.05) is 4.90 Å². The Kier molecular flexibility index (Phi) is 11.2. The summed E-state index contributed by atoms with van der Waals surface area (Å²) in [7, 11) is -4.31. The fourth-order valence-corrected chi connectivity index (χ4v) is 4.04. The Morgan fingerprint density at radius 1 is 0.793 bits per heavy atom. The molecule has 29 heavy (non-hydrogen) atoms. The maximum Gasteiger partial charge on any atom is 0.339 e. The number of β-amino-alcohol motifs (C(OH)–C–C–N with tert-alkyl or cyclic N) is 1. The molecule has 170 valence electrons. The molecule has 0 aromatic rings. The zero-order valence-electron chi connectivity index (χ0n) is 16.8. The SMILES string of the molecule is CC(O)CN1CCN(CC(=O)O)CCN(CP(=O)(O)O)CCN(CC(=O)O)CC1.